The van der Waals surface area contributed by atoms with Gasteiger partial charge in [-0.05, 0) is 79.7 Å². The molecule has 2 fully saturated rings. The Morgan fingerprint density at radius 1 is 1.18 bits per heavy atom. The zero-order chi connectivity index (χ0) is 15.2. The van der Waals surface area contributed by atoms with Gasteiger partial charge in [0.1, 0.15) is 5.82 Å². The second kappa shape index (κ2) is 5.05. The van der Waals surface area contributed by atoms with Crippen LogP contribution in [0.15, 0.2) is 30.5 Å². The van der Waals surface area contributed by atoms with E-state index < -0.39 is 0 Å². The van der Waals surface area contributed by atoms with Crippen molar-refractivity contribution in [1.29, 1.82) is 5.26 Å². The fraction of sp³-hybridized carbons (Fsp3) is 0.474. The summed E-state index contributed by atoms with van der Waals surface area (Å²) in [5.41, 5.74) is 2.56. The van der Waals surface area contributed by atoms with Crippen LogP contribution in [0.5, 0.6) is 0 Å². The number of pyridine rings is 1. The molecule has 2 aliphatic carbocycles. The van der Waals surface area contributed by atoms with Crippen molar-refractivity contribution in [3.63, 3.8) is 0 Å². The van der Waals surface area contributed by atoms with Gasteiger partial charge in [0.25, 0.3) is 0 Å². The lowest BCUT2D eigenvalue weighted by molar-refractivity contribution is 0.0350. The highest BCUT2D eigenvalue weighted by Crippen LogP contribution is 2.57. The molecule has 0 amide bonds. The van der Waals surface area contributed by atoms with E-state index in [9.17, 15) is 4.39 Å². The van der Waals surface area contributed by atoms with E-state index in [4.69, 9.17) is 5.26 Å². The Morgan fingerprint density at radius 2 is 1.95 bits per heavy atom. The largest absolute Gasteiger partial charge is 0.256 e. The van der Waals surface area contributed by atoms with Crippen molar-refractivity contribution in [1.82, 2.24) is 4.98 Å². The Balaban J connectivity index is 1.57. The molecule has 3 heteroatoms. The van der Waals surface area contributed by atoms with E-state index in [1.165, 1.54) is 24.5 Å². The maximum Gasteiger partial charge on any atom is 0.123 e. The number of nitrogens with zero attached hydrogens (tertiary/aromatic N) is 2. The van der Waals surface area contributed by atoms with Crippen molar-refractivity contribution in [3.05, 3.63) is 41.8 Å². The maximum absolute atomic E-state index is 13.6. The van der Waals surface area contributed by atoms with Crippen molar-refractivity contribution in [2.75, 3.05) is 0 Å². The third kappa shape index (κ3) is 2.18. The first-order chi connectivity index (χ1) is 10.7. The molecule has 0 unspecified atom stereocenters. The molecule has 2 nitrogen and oxygen atoms in total. The third-order valence-corrected chi connectivity index (χ3v) is 5.76. The first-order valence-corrected chi connectivity index (χ1v) is 8.13. The molecule has 0 aliphatic heterocycles. The van der Waals surface area contributed by atoms with Crippen LogP contribution in [0.1, 0.15) is 50.0 Å². The highest BCUT2D eigenvalue weighted by molar-refractivity contribution is 5.82. The quantitative estimate of drug-likeness (QED) is 0.746. The zero-order valence-corrected chi connectivity index (χ0v) is 12.6. The van der Waals surface area contributed by atoms with Gasteiger partial charge in [-0.15, -0.1) is 0 Å². The normalized spacial score (nSPS) is 30.9. The number of hydrogen-bond donors (Lipinski definition) is 0. The van der Waals surface area contributed by atoms with Crippen LogP contribution in [-0.2, 0) is 0 Å². The number of benzene rings is 1. The number of halogens is 1. The topological polar surface area (TPSA) is 36.7 Å². The monoisotopic (exact) mass is 294 g/mol. The van der Waals surface area contributed by atoms with E-state index in [-0.39, 0.29) is 11.7 Å². The summed E-state index contributed by atoms with van der Waals surface area (Å²) in [6.07, 6.45) is 8.71. The minimum absolute atomic E-state index is 0.190. The molecule has 1 heterocycles. The number of fused-ring (bicyclic) bond motifs is 1. The molecule has 2 aromatic rings. The smallest absolute Gasteiger partial charge is 0.123 e. The molecular weight excluding hydrogens is 275 g/mol. The molecule has 22 heavy (non-hydrogen) atoms. The summed E-state index contributed by atoms with van der Waals surface area (Å²) < 4.78 is 13.6. The van der Waals surface area contributed by atoms with Crippen molar-refractivity contribution in [2.24, 2.45) is 11.3 Å². The Kier molecular flexibility index (Phi) is 3.14. The van der Waals surface area contributed by atoms with Crippen LogP contribution < -0.4 is 0 Å². The number of nitriles is 1. The van der Waals surface area contributed by atoms with E-state index in [1.807, 2.05) is 6.20 Å². The lowest BCUT2D eigenvalue weighted by atomic mass is 9.54. The van der Waals surface area contributed by atoms with Crippen molar-refractivity contribution in [2.45, 2.75) is 44.4 Å². The summed E-state index contributed by atoms with van der Waals surface area (Å²) >= 11 is 0. The lowest BCUT2D eigenvalue weighted by Gasteiger charge is -2.49. The van der Waals surface area contributed by atoms with Gasteiger partial charge < -0.3 is 0 Å². The summed E-state index contributed by atoms with van der Waals surface area (Å²) in [7, 11) is 0. The average Bonchev–Trinajstić information content (AvgIpc) is 2.52. The Bertz CT molecular complexity index is 746. The second-order valence-corrected chi connectivity index (χ2v) is 7.07. The van der Waals surface area contributed by atoms with E-state index in [0.29, 0.717) is 11.3 Å². The Hall–Kier alpha value is -1.95. The summed E-state index contributed by atoms with van der Waals surface area (Å²) in [5, 5.41) is 9.95. The highest BCUT2D eigenvalue weighted by atomic mass is 19.1. The average molecular weight is 294 g/mol. The van der Waals surface area contributed by atoms with Gasteiger partial charge in [0.15, 0.2) is 0 Å². The molecule has 0 saturated heterocycles. The molecule has 0 N–H and O–H groups in total. The molecule has 2 saturated carbocycles. The van der Waals surface area contributed by atoms with Gasteiger partial charge >= 0.3 is 0 Å². The minimum Gasteiger partial charge on any atom is -0.256 e. The molecular formula is C19H19FN2. The van der Waals surface area contributed by atoms with E-state index in [1.54, 1.807) is 12.1 Å². The summed E-state index contributed by atoms with van der Waals surface area (Å²) in [4.78, 5) is 4.35. The van der Waals surface area contributed by atoms with Crippen molar-refractivity contribution >= 4 is 10.9 Å². The van der Waals surface area contributed by atoms with Gasteiger partial charge in [-0.2, -0.15) is 5.26 Å². The van der Waals surface area contributed by atoms with Crippen LogP contribution >= 0.6 is 0 Å². The third-order valence-electron chi connectivity index (χ3n) is 5.76. The van der Waals surface area contributed by atoms with Crippen LogP contribution in [0.4, 0.5) is 4.39 Å². The lowest BCUT2D eigenvalue weighted by Crippen LogP contribution is -2.39. The fourth-order valence-corrected chi connectivity index (χ4v) is 4.52. The van der Waals surface area contributed by atoms with Crippen LogP contribution in [-0.4, -0.2) is 4.98 Å². The Labute approximate surface area is 130 Å². The standard InChI is InChI=1S/C19H19FN2/c20-15-1-2-18-17(9-15)16(5-8-22-18)14-3-6-19(7-4-14)10-13(11-19)12-21/h1-2,5,8-9,13-14H,3-4,6-7,10-11H2. The first kappa shape index (κ1) is 13.7. The van der Waals surface area contributed by atoms with Crippen LogP contribution in [0.25, 0.3) is 10.9 Å². The minimum atomic E-state index is -0.190. The molecule has 4 rings (SSSR count). The molecule has 0 atom stereocenters. The van der Waals surface area contributed by atoms with E-state index >= 15 is 0 Å². The van der Waals surface area contributed by atoms with Crippen LogP contribution in [0.3, 0.4) is 0 Å². The van der Waals surface area contributed by atoms with E-state index in [0.717, 1.165) is 36.6 Å². The number of rotatable bonds is 1. The second-order valence-electron chi connectivity index (χ2n) is 7.07. The predicted octanol–water partition coefficient (Wildman–Crippen LogP) is 4.95. The summed E-state index contributed by atoms with van der Waals surface area (Å²) in [6.45, 7) is 0. The van der Waals surface area contributed by atoms with Gasteiger partial charge in [0, 0.05) is 17.5 Å². The van der Waals surface area contributed by atoms with E-state index in [2.05, 4.69) is 17.1 Å². The van der Waals surface area contributed by atoms with Crippen molar-refractivity contribution < 1.29 is 4.39 Å². The molecule has 1 spiro atoms. The van der Waals surface area contributed by atoms with Gasteiger partial charge in [-0.3, -0.25) is 4.98 Å². The zero-order valence-electron chi connectivity index (χ0n) is 12.6. The van der Waals surface area contributed by atoms with Gasteiger partial charge in [0.05, 0.1) is 11.6 Å². The summed E-state index contributed by atoms with van der Waals surface area (Å²) in [5.74, 6) is 0.594. The number of aromatic nitrogens is 1. The van der Waals surface area contributed by atoms with Gasteiger partial charge in [-0.1, -0.05) is 0 Å². The van der Waals surface area contributed by atoms with Gasteiger partial charge in [0.2, 0.25) is 0 Å². The molecule has 0 radical (unpaired) electrons. The molecule has 112 valence electrons. The highest BCUT2D eigenvalue weighted by Gasteiger charge is 2.46. The maximum atomic E-state index is 13.6. The van der Waals surface area contributed by atoms with Crippen LogP contribution in [0.2, 0.25) is 0 Å². The molecule has 0 bridgehead atoms. The summed E-state index contributed by atoms with van der Waals surface area (Å²) in [6, 6.07) is 9.32. The van der Waals surface area contributed by atoms with Crippen molar-refractivity contribution in [3.8, 4) is 6.07 Å². The molecule has 1 aromatic heterocycles. The van der Waals surface area contributed by atoms with Crippen LogP contribution in [0, 0.1) is 28.5 Å². The molecule has 1 aromatic carbocycles. The Morgan fingerprint density at radius 3 is 2.68 bits per heavy atom. The predicted molar refractivity (Wildman–Crippen MR) is 83.7 cm³/mol. The SMILES string of the molecule is N#CC1CC2(CCC(c3ccnc4ccc(F)cc34)CC2)C1. The van der Waals surface area contributed by atoms with Gasteiger partial charge in [-0.25, -0.2) is 4.39 Å². The fourth-order valence-electron chi connectivity index (χ4n) is 4.52. The number of hydrogen-bond acceptors (Lipinski definition) is 2. The molecule has 2 aliphatic rings. The first-order valence-electron chi connectivity index (χ1n) is 8.13.